The van der Waals surface area contributed by atoms with Gasteiger partial charge in [0.1, 0.15) is 11.9 Å². The molecular formula is C16H17FN2O2. The summed E-state index contributed by atoms with van der Waals surface area (Å²) in [5.74, 6) is -0.923. The van der Waals surface area contributed by atoms with Crippen molar-refractivity contribution in [2.45, 2.75) is 26.3 Å². The summed E-state index contributed by atoms with van der Waals surface area (Å²) < 4.78 is 14.3. The maximum Gasteiger partial charge on any atom is 0.251 e. The van der Waals surface area contributed by atoms with Gasteiger partial charge in [0.2, 0.25) is 5.91 Å². The quantitative estimate of drug-likeness (QED) is 0.940. The monoisotopic (exact) mass is 288 g/mol. The van der Waals surface area contributed by atoms with Gasteiger partial charge in [-0.25, -0.2) is 4.39 Å². The normalized spacial score (nSPS) is 12.0. The molecule has 1 atom stereocenters. The lowest BCUT2D eigenvalue weighted by atomic mass is 10.1. The molecule has 1 N–H and O–H groups in total. The van der Waals surface area contributed by atoms with Crippen molar-refractivity contribution in [1.82, 2.24) is 4.57 Å². The van der Waals surface area contributed by atoms with Gasteiger partial charge in [0.05, 0.1) is 0 Å². The van der Waals surface area contributed by atoms with Gasteiger partial charge in [-0.1, -0.05) is 19.1 Å². The second kappa shape index (κ2) is 6.35. The molecule has 1 amide bonds. The van der Waals surface area contributed by atoms with E-state index >= 15 is 0 Å². The fourth-order valence-corrected chi connectivity index (χ4v) is 1.98. The van der Waals surface area contributed by atoms with Crippen LogP contribution in [0.5, 0.6) is 0 Å². The molecule has 1 unspecified atom stereocenters. The number of pyridine rings is 1. The maximum absolute atomic E-state index is 13.2. The molecule has 0 bridgehead atoms. The number of amides is 1. The molecule has 5 heteroatoms. The lowest BCUT2D eigenvalue weighted by molar-refractivity contribution is -0.118. The van der Waals surface area contributed by atoms with Gasteiger partial charge < -0.3 is 9.88 Å². The molecule has 2 aromatic rings. The molecule has 21 heavy (non-hydrogen) atoms. The standard InChI is InChI=1S/C16H17FN2O2/c1-3-12-4-7-14(8-5-12)18-16(21)11(2)19-10-13(17)6-9-15(19)20/h4-11H,3H2,1-2H3,(H,18,21). The fourth-order valence-electron chi connectivity index (χ4n) is 1.98. The molecule has 0 aliphatic heterocycles. The summed E-state index contributed by atoms with van der Waals surface area (Å²) in [5, 5.41) is 2.72. The highest BCUT2D eigenvalue weighted by Gasteiger charge is 2.16. The minimum absolute atomic E-state index is 0.369. The molecule has 4 nitrogen and oxygen atoms in total. The zero-order valence-corrected chi connectivity index (χ0v) is 12.0. The first kappa shape index (κ1) is 15.0. The molecule has 0 saturated carbocycles. The van der Waals surface area contributed by atoms with E-state index in [-0.39, 0.29) is 5.91 Å². The molecule has 0 aliphatic carbocycles. The van der Waals surface area contributed by atoms with Crippen molar-refractivity contribution < 1.29 is 9.18 Å². The van der Waals surface area contributed by atoms with Crippen LogP contribution in [0.25, 0.3) is 0 Å². The van der Waals surface area contributed by atoms with Crippen molar-refractivity contribution >= 4 is 11.6 Å². The molecule has 2 rings (SSSR count). The van der Waals surface area contributed by atoms with Crippen molar-refractivity contribution in [2.75, 3.05) is 5.32 Å². The number of carbonyl (C=O) groups excluding carboxylic acids is 1. The number of anilines is 1. The molecule has 0 aliphatic rings. The van der Waals surface area contributed by atoms with Crippen LogP contribution in [-0.4, -0.2) is 10.5 Å². The van der Waals surface area contributed by atoms with E-state index in [0.717, 1.165) is 29.3 Å². The summed E-state index contributed by atoms with van der Waals surface area (Å²) in [7, 11) is 0. The molecule has 1 aromatic carbocycles. The van der Waals surface area contributed by atoms with E-state index in [2.05, 4.69) is 5.32 Å². The lowest BCUT2D eigenvalue weighted by Crippen LogP contribution is -2.31. The first-order valence-electron chi connectivity index (χ1n) is 6.78. The summed E-state index contributed by atoms with van der Waals surface area (Å²) in [4.78, 5) is 23.8. The molecule has 0 fully saturated rings. The van der Waals surface area contributed by atoms with Gasteiger partial charge in [0.15, 0.2) is 0 Å². The van der Waals surface area contributed by atoms with Crippen molar-refractivity contribution in [3.05, 3.63) is 64.3 Å². The van der Waals surface area contributed by atoms with Crippen LogP contribution in [0.3, 0.4) is 0 Å². The van der Waals surface area contributed by atoms with Gasteiger partial charge in [-0.15, -0.1) is 0 Å². The summed E-state index contributed by atoms with van der Waals surface area (Å²) >= 11 is 0. The second-order valence-corrected chi connectivity index (χ2v) is 4.81. The number of carbonyl (C=O) groups is 1. The smallest absolute Gasteiger partial charge is 0.251 e. The molecule has 0 radical (unpaired) electrons. The van der Waals surface area contributed by atoms with Crippen LogP contribution in [0.15, 0.2) is 47.4 Å². The van der Waals surface area contributed by atoms with Crippen LogP contribution in [-0.2, 0) is 11.2 Å². The van der Waals surface area contributed by atoms with Crippen LogP contribution in [0, 0.1) is 5.82 Å². The summed E-state index contributed by atoms with van der Waals surface area (Å²) in [6.45, 7) is 3.60. The largest absolute Gasteiger partial charge is 0.324 e. The highest BCUT2D eigenvalue weighted by Crippen LogP contribution is 2.13. The Morgan fingerprint density at radius 1 is 1.24 bits per heavy atom. The van der Waals surface area contributed by atoms with Crippen molar-refractivity contribution in [2.24, 2.45) is 0 Å². The van der Waals surface area contributed by atoms with Crippen LogP contribution < -0.4 is 10.9 Å². The SMILES string of the molecule is CCc1ccc(NC(=O)C(C)n2cc(F)ccc2=O)cc1. The Morgan fingerprint density at radius 2 is 1.90 bits per heavy atom. The average molecular weight is 288 g/mol. The Balaban J connectivity index is 2.15. The number of rotatable bonds is 4. The van der Waals surface area contributed by atoms with Gasteiger partial charge in [0, 0.05) is 18.0 Å². The lowest BCUT2D eigenvalue weighted by Gasteiger charge is -2.15. The van der Waals surface area contributed by atoms with E-state index in [9.17, 15) is 14.0 Å². The zero-order valence-electron chi connectivity index (χ0n) is 12.0. The van der Waals surface area contributed by atoms with Crippen LogP contribution in [0.4, 0.5) is 10.1 Å². The van der Waals surface area contributed by atoms with Crippen LogP contribution >= 0.6 is 0 Å². The topological polar surface area (TPSA) is 51.1 Å². The van der Waals surface area contributed by atoms with Gasteiger partial charge in [0.25, 0.3) is 5.56 Å². The van der Waals surface area contributed by atoms with E-state index in [1.165, 1.54) is 5.56 Å². The number of halogens is 1. The van der Waals surface area contributed by atoms with Gasteiger partial charge in [-0.3, -0.25) is 9.59 Å². The van der Waals surface area contributed by atoms with Crippen molar-refractivity contribution in [1.29, 1.82) is 0 Å². The Labute approximate surface area is 122 Å². The molecule has 110 valence electrons. The number of hydrogen-bond acceptors (Lipinski definition) is 2. The van der Waals surface area contributed by atoms with Gasteiger partial charge in [-0.2, -0.15) is 0 Å². The first-order valence-corrected chi connectivity index (χ1v) is 6.78. The fraction of sp³-hybridized carbons (Fsp3) is 0.250. The molecular weight excluding hydrogens is 271 g/mol. The number of aryl methyl sites for hydroxylation is 1. The zero-order chi connectivity index (χ0) is 15.4. The predicted molar refractivity (Wildman–Crippen MR) is 79.8 cm³/mol. The molecule has 0 spiro atoms. The molecule has 0 saturated heterocycles. The third-order valence-corrected chi connectivity index (χ3v) is 3.33. The van der Waals surface area contributed by atoms with Crippen molar-refractivity contribution in [3.63, 3.8) is 0 Å². The molecule has 1 aromatic heterocycles. The number of hydrogen-bond donors (Lipinski definition) is 1. The molecule has 1 heterocycles. The van der Waals surface area contributed by atoms with E-state index in [0.29, 0.717) is 5.69 Å². The minimum atomic E-state index is -0.793. The van der Waals surface area contributed by atoms with E-state index in [1.54, 1.807) is 19.1 Å². The highest BCUT2D eigenvalue weighted by molar-refractivity contribution is 5.93. The number of benzene rings is 1. The Morgan fingerprint density at radius 3 is 2.52 bits per heavy atom. The van der Waals surface area contributed by atoms with E-state index in [1.807, 2.05) is 19.1 Å². The maximum atomic E-state index is 13.2. The number of nitrogens with zero attached hydrogens (tertiary/aromatic N) is 1. The predicted octanol–water partition coefficient (Wildman–Crippen LogP) is 2.75. The average Bonchev–Trinajstić information content (AvgIpc) is 2.49. The summed E-state index contributed by atoms with van der Waals surface area (Å²) in [6, 6.07) is 8.85. The highest BCUT2D eigenvalue weighted by atomic mass is 19.1. The van der Waals surface area contributed by atoms with Crippen LogP contribution in [0.2, 0.25) is 0 Å². The second-order valence-electron chi connectivity index (χ2n) is 4.81. The first-order chi connectivity index (χ1) is 10.0. The summed E-state index contributed by atoms with van der Waals surface area (Å²) in [5.41, 5.74) is 1.40. The third kappa shape index (κ3) is 3.56. The third-order valence-electron chi connectivity index (χ3n) is 3.33. The Hall–Kier alpha value is -2.43. The van der Waals surface area contributed by atoms with E-state index in [4.69, 9.17) is 0 Å². The van der Waals surface area contributed by atoms with Crippen molar-refractivity contribution in [3.8, 4) is 0 Å². The van der Waals surface area contributed by atoms with Gasteiger partial charge in [-0.05, 0) is 37.1 Å². The Bertz CT molecular complexity index is 692. The number of nitrogens with one attached hydrogen (secondary N) is 1. The van der Waals surface area contributed by atoms with E-state index < -0.39 is 17.4 Å². The Kier molecular flexibility index (Phi) is 4.52. The van der Waals surface area contributed by atoms with Gasteiger partial charge >= 0.3 is 0 Å². The summed E-state index contributed by atoms with van der Waals surface area (Å²) in [6.07, 6.45) is 1.95. The number of aromatic nitrogens is 1. The minimum Gasteiger partial charge on any atom is -0.324 e. The van der Waals surface area contributed by atoms with Crippen LogP contribution in [0.1, 0.15) is 25.5 Å².